The second-order valence-corrected chi connectivity index (χ2v) is 6.94. The Hall–Kier alpha value is -1.84. The van der Waals surface area contributed by atoms with E-state index in [1.807, 2.05) is 36.1 Å². The molecule has 1 aliphatic carbocycles. The first-order valence-electron chi connectivity index (χ1n) is 8.76. The molecule has 1 aromatic carbocycles. The normalized spacial score (nSPS) is 22.4. The Balaban J connectivity index is 1.52. The van der Waals surface area contributed by atoms with Crippen molar-refractivity contribution in [1.82, 2.24) is 10.2 Å². The van der Waals surface area contributed by atoms with Gasteiger partial charge in [-0.05, 0) is 25.3 Å². The van der Waals surface area contributed by atoms with Crippen molar-refractivity contribution >= 4 is 11.8 Å². The molecule has 0 radical (unpaired) electrons. The zero-order chi connectivity index (χ0) is 16.2. The van der Waals surface area contributed by atoms with Gasteiger partial charge >= 0.3 is 0 Å². The smallest absolute Gasteiger partial charge is 0.225 e. The fourth-order valence-corrected chi connectivity index (χ4v) is 3.69. The predicted molar refractivity (Wildman–Crippen MR) is 89.7 cm³/mol. The molecule has 0 aromatic heterocycles. The highest BCUT2D eigenvalue weighted by Crippen LogP contribution is 2.28. The second kappa shape index (κ2) is 7.16. The van der Waals surface area contributed by atoms with E-state index < -0.39 is 0 Å². The number of amides is 2. The number of carbonyl (C=O) groups is 2. The van der Waals surface area contributed by atoms with Crippen LogP contribution in [0.5, 0.6) is 0 Å². The molecule has 1 saturated heterocycles. The first kappa shape index (κ1) is 16.0. The van der Waals surface area contributed by atoms with Crippen molar-refractivity contribution in [3.63, 3.8) is 0 Å². The summed E-state index contributed by atoms with van der Waals surface area (Å²) in [5.74, 6) is -0.0144. The van der Waals surface area contributed by atoms with Crippen LogP contribution in [0.3, 0.4) is 0 Å². The molecule has 1 N–H and O–H groups in total. The van der Waals surface area contributed by atoms with Crippen molar-refractivity contribution in [2.45, 2.75) is 58.0 Å². The molecule has 2 amide bonds. The zero-order valence-corrected chi connectivity index (χ0v) is 13.9. The third kappa shape index (κ3) is 3.92. The van der Waals surface area contributed by atoms with Crippen molar-refractivity contribution in [2.24, 2.45) is 5.92 Å². The summed E-state index contributed by atoms with van der Waals surface area (Å²) < 4.78 is 0. The maximum atomic E-state index is 12.4. The summed E-state index contributed by atoms with van der Waals surface area (Å²) in [5, 5.41) is 2.99. The lowest BCUT2D eigenvalue weighted by atomic mass is 9.94. The van der Waals surface area contributed by atoms with E-state index in [-0.39, 0.29) is 17.7 Å². The van der Waals surface area contributed by atoms with Crippen LogP contribution in [-0.4, -0.2) is 29.3 Å². The lowest BCUT2D eigenvalue weighted by Crippen LogP contribution is -2.39. The summed E-state index contributed by atoms with van der Waals surface area (Å²) in [6.45, 7) is 3.18. The van der Waals surface area contributed by atoms with Gasteiger partial charge in [-0.1, -0.05) is 49.1 Å². The van der Waals surface area contributed by atoms with E-state index in [4.69, 9.17) is 0 Å². The van der Waals surface area contributed by atoms with Gasteiger partial charge in [-0.25, -0.2) is 0 Å². The van der Waals surface area contributed by atoms with Gasteiger partial charge in [0.1, 0.15) is 0 Å². The maximum absolute atomic E-state index is 12.4. The molecule has 2 aliphatic rings. The van der Waals surface area contributed by atoms with Gasteiger partial charge in [-0.15, -0.1) is 0 Å². The van der Waals surface area contributed by atoms with E-state index in [1.165, 1.54) is 24.8 Å². The minimum absolute atomic E-state index is 0.0113. The monoisotopic (exact) mass is 314 g/mol. The number of hydrogen-bond acceptors (Lipinski definition) is 2. The molecule has 3 rings (SSSR count). The number of benzene rings is 1. The van der Waals surface area contributed by atoms with E-state index in [0.717, 1.165) is 18.4 Å². The van der Waals surface area contributed by atoms with Crippen LogP contribution >= 0.6 is 0 Å². The molecule has 1 heterocycles. The van der Waals surface area contributed by atoms with Gasteiger partial charge in [-0.2, -0.15) is 0 Å². The Bertz CT molecular complexity index is 561. The fourth-order valence-electron chi connectivity index (χ4n) is 3.69. The van der Waals surface area contributed by atoms with Crippen LogP contribution in [0.1, 0.15) is 49.7 Å². The Morgan fingerprint density at radius 3 is 2.57 bits per heavy atom. The fraction of sp³-hybridized carbons (Fsp3) is 0.579. The first-order valence-corrected chi connectivity index (χ1v) is 8.76. The molecule has 2 fully saturated rings. The van der Waals surface area contributed by atoms with E-state index >= 15 is 0 Å². The van der Waals surface area contributed by atoms with Crippen molar-refractivity contribution < 1.29 is 9.59 Å². The van der Waals surface area contributed by atoms with E-state index in [1.54, 1.807) is 0 Å². The van der Waals surface area contributed by atoms with Crippen LogP contribution in [0.2, 0.25) is 0 Å². The number of rotatable bonds is 4. The predicted octanol–water partition coefficient (Wildman–Crippen LogP) is 2.79. The minimum atomic E-state index is -0.185. The Labute approximate surface area is 138 Å². The third-order valence-corrected chi connectivity index (χ3v) is 5.13. The molecule has 1 atom stereocenters. The number of hydrogen-bond donors (Lipinski definition) is 1. The summed E-state index contributed by atoms with van der Waals surface area (Å²) in [6.07, 6.45) is 6.26. The highest BCUT2D eigenvalue weighted by Gasteiger charge is 2.37. The summed E-state index contributed by atoms with van der Waals surface area (Å²) >= 11 is 0. The van der Waals surface area contributed by atoms with Crippen LogP contribution in [-0.2, 0) is 16.1 Å². The second-order valence-electron chi connectivity index (χ2n) is 6.94. The van der Waals surface area contributed by atoms with Gasteiger partial charge in [0.25, 0.3) is 0 Å². The third-order valence-electron chi connectivity index (χ3n) is 5.13. The van der Waals surface area contributed by atoms with Crippen LogP contribution < -0.4 is 5.32 Å². The summed E-state index contributed by atoms with van der Waals surface area (Å²) in [5.41, 5.74) is 2.31. The number of nitrogens with zero attached hydrogens (tertiary/aromatic N) is 1. The average Bonchev–Trinajstić information content (AvgIpc) is 2.97. The average molecular weight is 314 g/mol. The largest absolute Gasteiger partial charge is 0.352 e. The Kier molecular flexibility index (Phi) is 4.99. The quantitative estimate of drug-likeness (QED) is 0.929. The van der Waals surface area contributed by atoms with Crippen molar-refractivity contribution in [1.29, 1.82) is 0 Å². The molecular formula is C19H26N2O2. The van der Waals surface area contributed by atoms with Crippen LogP contribution in [0.4, 0.5) is 0 Å². The van der Waals surface area contributed by atoms with Gasteiger partial charge in [0, 0.05) is 25.6 Å². The molecule has 1 aromatic rings. The summed E-state index contributed by atoms with van der Waals surface area (Å²) in [4.78, 5) is 26.6. The van der Waals surface area contributed by atoms with Crippen molar-refractivity contribution in [2.75, 3.05) is 6.54 Å². The molecule has 1 saturated carbocycles. The van der Waals surface area contributed by atoms with Gasteiger partial charge < -0.3 is 10.2 Å². The molecule has 4 nitrogen and oxygen atoms in total. The molecule has 0 spiro atoms. The van der Waals surface area contributed by atoms with E-state index in [9.17, 15) is 9.59 Å². The van der Waals surface area contributed by atoms with E-state index in [0.29, 0.717) is 25.6 Å². The molecule has 0 bridgehead atoms. The number of carbonyl (C=O) groups excluding carboxylic acids is 2. The summed E-state index contributed by atoms with van der Waals surface area (Å²) in [7, 11) is 0. The Morgan fingerprint density at radius 1 is 1.17 bits per heavy atom. The minimum Gasteiger partial charge on any atom is -0.352 e. The topological polar surface area (TPSA) is 49.4 Å². The number of likely N-dealkylation sites (tertiary alicyclic amines) is 1. The molecule has 124 valence electrons. The van der Waals surface area contributed by atoms with E-state index in [2.05, 4.69) is 5.32 Å². The summed E-state index contributed by atoms with van der Waals surface area (Å²) in [6, 6.07) is 8.52. The molecular weight excluding hydrogens is 288 g/mol. The maximum Gasteiger partial charge on any atom is 0.225 e. The first-order chi connectivity index (χ1) is 11.1. The lowest BCUT2D eigenvalue weighted by Gasteiger charge is -2.31. The van der Waals surface area contributed by atoms with Crippen LogP contribution in [0.15, 0.2) is 24.3 Å². The Morgan fingerprint density at radius 2 is 1.87 bits per heavy atom. The number of nitrogens with one attached hydrogen (secondary N) is 1. The van der Waals surface area contributed by atoms with Crippen molar-refractivity contribution in [3.05, 3.63) is 35.4 Å². The van der Waals surface area contributed by atoms with Crippen LogP contribution in [0, 0.1) is 12.8 Å². The lowest BCUT2D eigenvalue weighted by molar-refractivity contribution is -0.130. The zero-order valence-electron chi connectivity index (χ0n) is 13.9. The molecule has 0 unspecified atom stereocenters. The highest BCUT2D eigenvalue weighted by atomic mass is 16.2. The van der Waals surface area contributed by atoms with Gasteiger partial charge in [0.05, 0.1) is 5.92 Å². The number of aryl methyl sites for hydroxylation is 1. The van der Waals surface area contributed by atoms with Gasteiger partial charge in [-0.3, -0.25) is 9.59 Å². The van der Waals surface area contributed by atoms with Crippen LogP contribution in [0.25, 0.3) is 0 Å². The van der Waals surface area contributed by atoms with Gasteiger partial charge in [0.2, 0.25) is 11.8 Å². The molecule has 1 aliphatic heterocycles. The highest BCUT2D eigenvalue weighted by molar-refractivity contribution is 5.89. The SMILES string of the molecule is Cc1ccc(CNC(=O)[C@@H]2CC(=O)N(C3CCCCC3)C2)cc1. The standard InChI is InChI=1S/C19H26N2O2/c1-14-7-9-15(10-8-14)12-20-19(23)16-11-18(22)21(13-16)17-5-3-2-4-6-17/h7-10,16-17H,2-6,11-13H2,1H3,(H,20,23)/t16-/m1/s1. The molecule has 23 heavy (non-hydrogen) atoms. The van der Waals surface area contributed by atoms with Gasteiger partial charge in [0.15, 0.2) is 0 Å². The molecule has 4 heteroatoms. The van der Waals surface area contributed by atoms with Crippen molar-refractivity contribution in [3.8, 4) is 0 Å².